The average Bonchev–Trinajstić information content (AvgIpc) is 1.99. The molecular weight excluding hydrogens is 261 g/mol. The Bertz CT molecular complexity index is 169. The molecule has 0 aromatic carbocycles. The van der Waals surface area contributed by atoms with E-state index in [0.29, 0.717) is 6.42 Å². The van der Waals surface area contributed by atoms with Crippen molar-refractivity contribution in [1.82, 2.24) is 0 Å². The number of alkyl halides is 2. The summed E-state index contributed by atoms with van der Waals surface area (Å²) in [5, 5.41) is 0.0996. The van der Waals surface area contributed by atoms with Crippen molar-refractivity contribution in [2.75, 3.05) is 0 Å². The standard InChI is InChI=1S/C7H9Cl5/c1-2-3-4-7(11,12)5(8)6(9)10/h2-4H2,1H3. The van der Waals surface area contributed by atoms with Crippen molar-refractivity contribution >= 4 is 58.0 Å². The summed E-state index contributed by atoms with van der Waals surface area (Å²) in [6, 6.07) is 0. The van der Waals surface area contributed by atoms with Crippen LogP contribution in [0.25, 0.3) is 0 Å². The van der Waals surface area contributed by atoms with Crippen LogP contribution in [0.3, 0.4) is 0 Å². The topological polar surface area (TPSA) is 0 Å². The van der Waals surface area contributed by atoms with Gasteiger partial charge in [-0.15, -0.1) is 0 Å². The minimum atomic E-state index is -1.14. The Hall–Kier alpha value is 1.19. The lowest BCUT2D eigenvalue weighted by Gasteiger charge is -2.18. The number of rotatable bonds is 4. The molecule has 72 valence electrons. The molecule has 0 aliphatic rings. The highest BCUT2D eigenvalue weighted by Gasteiger charge is 2.29. The maximum atomic E-state index is 5.87. The molecule has 0 N–H and O–H groups in total. The molecule has 0 aromatic heterocycles. The Kier molecular flexibility index (Phi) is 6.40. The van der Waals surface area contributed by atoms with Gasteiger partial charge in [-0.05, 0) is 6.42 Å². The van der Waals surface area contributed by atoms with Crippen LogP contribution in [0.4, 0.5) is 0 Å². The van der Waals surface area contributed by atoms with E-state index in [0.717, 1.165) is 12.8 Å². The van der Waals surface area contributed by atoms with E-state index in [1.807, 2.05) is 6.92 Å². The minimum absolute atomic E-state index is 0.0715. The molecule has 0 saturated carbocycles. The van der Waals surface area contributed by atoms with Crippen LogP contribution in [0.5, 0.6) is 0 Å². The first-order valence-electron chi connectivity index (χ1n) is 3.51. The Morgan fingerprint density at radius 3 is 2.00 bits per heavy atom. The van der Waals surface area contributed by atoms with E-state index >= 15 is 0 Å². The van der Waals surface area contributed by atoms with Crippen LogP contribution in [-0.2, 0) is 0 Å². The van der Waals surface area contributed by atoms with Gasteiger partial charge in [0.05, 0.1) is 5.03 Å². The zero-order valence-electron chi connectivity index (χ0n) is 6.51. The van der Waals surface area contributed by atoms with E-state index in [4.69, 9.17) is 58.0 Å². The fraction of sp³-hybridized carbons (Fsp3) is 0.714. The molecule has 0 aliphatic heterocycles. The number of unbranched alkanes of at least 4 members (excludes halogenated alkanes) is 1. The van der Waals surface area contributed by atoms with E-state index < -0.39 is 4.33 Å². The molecule has 0 aromatic rings. The minimum Gasteiger partial charge on any atom is -0.0952 e. The molecule has 0 fully saturated rings. The molecule has 5 heteroatoms. The Morgan fingerprint density at radius 1 is 1.17 bits per heavy atom. The summed E-state index contributed by atoms with van der Waals surface area (Å²) in [4.78, 5) is 0. The van der Waals surface area contributed by atoms with Crippen LogP contribution >= 0.6 is 58.0 Å². The lowest BCUT2D eigenvalue weighted by molar-refractivity contribution is 0.698. The van der Waals surface area contributed by atoms with Crippen molar-refractivity contribution in [3.63, 3.8) is 0 Å². The smallest absolute Gasteiger partial charge is 0.0952 e. The van der Waals surface area contributed by atoms with Crippen LogP contribution < -0.4 is 0 Å². The van der Waals surface area contributed by atoms with Crippen LogP contribution in [0.15, 0.2) is 9.52 Å². The van der Waals surface area contributed by atoms with Crippen molar-refractivity contribution in [3.8, 4) is 0 Å². The number of allylic oxidation sites excluding steroid dienone is 1. The normalized spacial score (nSPS) is 11.5. The van der Waals surface area contributed by atoms with Crippen LogP contribution in [0.1, 0.15) is 26.2 Å². The van der Waals surface area contributed by atoms with Crippen LogP contribution in [0, 0.1) is 0 Å². The largest absolute Gasteiger partial charge is 0.155 e. The molecule has 0 spiro atoms. The number of hydrogen-bond donors (Lipinski definition) is 0. The van der Waals surface area contributed by atoms with Gasteiger partial charge in [0.25, 0.3) is 0 Å². The highest BCUT2D eigenvalue weighted by molar-refractivity contribution is 6.64. The summed E-state index contributed by atoms with van der Waals surface area (Å²) in [5.74, 6) is 0. The van der Waals surface area contributed by atoms with E-state index in [-0.39, 0.29) is 9.52 Å². The van der Waals surface area contributed by atoms with Gasteiger partial charge in [0.15, 0.2) is 4.33 Å². The second kappa shape index (κ2) is 5.82. The van der Waals surface area contributed by atoms with Crippen LogP contribution in [0.2, 0.25) is 0 Å². The van der Waals surface area contributed by atoms with E-state index in [1.54, 1.807) is 0 Å². The Morgan fingerprint density at radius 2 is 1.67 bits per heavy atom. The van der Waals surface area contributed by atoms with Gasteiger partial charge in [-0.1, -0.05) is 77.8 Å². The molecule has 0 radical (unpaired) electrons. The van der Waals surface area contributed by atoms with Gasteiger partial charge in [0, 0.05) is 0 Å². The number of hydrogen-bond acceptors (Lipinski definition) is 0. The highest BCUT2D eigenvalue weighted by Crippen LogP contribution is 2.41. The predicted octanol–water partition coefficient (Wildman–Crippen LogP) is 5.24. The average molecular weight is 270 g/mol. The molecule has 0 bridgehead atoms. The predicted molar refractivity (Wildman–Crippen MR) is 58.5 cm³/mol. The Labute approximate surface area is 97.8 Å². The van der Waals surface area contributed by atoms with Crippen molar-refractivity contribution in [1.29, 1.82) is 0 Å². The Balaban J connectivity index is 4.29. The van der Waals surface area contributed by atoms with Crippen molar-refractivity contribution in [2.45, 2.75) is 30.5 Å². The zero-order chi connectivity index (χ0) is 9.78. The first kappa shape index (κ1) is 13.2. The molecule has 0 amide bonds. The molecule has 0 unspecified atom stereocenters. The summed E-state index contributed by atoms with van der Waals surface area (Å²) >= 11 is 28.3. The van der Waals surface area contributed by atoms with Gasteiger partial charge in [0.1, 0.15) is 4.49 Å². The maximum absolute atomic E-state index is 5.87. The quantitative estimate of drug-likeness (QED) is 0.613. The molecule has 0 aliphatic carbocycles. The summed E-state index contributed by atoms with van der Waals surface area (Å²) in [6.45, 7) is 2.03. The third kappa shape index (κ3) is 4.43. The van der Waals surface area contributed by atoms with Crippen molar-refractivity contribution in [3.05, 3.63) is 9.52 Å². The first-order valence-corrected chi connectivity index (χ1v) is 5.40. The fourth-order valence-electron chi connectivity index (χ4n) is 0.647. The second-order valence-corrected chi connectivity index (χ2v) is 5.19. The summed E-state index contributed by atoms with van der Waals surface area (Å²) in [6.07, 6.45) is 2.42. The van der Waals surface area contributed by atoms with Crippen molar-refractivity contribution < 1.29 is 0 Å². The fourth-order valence-corrected chi connectivity index (χ4v) is 1.71. The SMILES string of the molecule is CCCCC(Cl)(Cl)C(Cl)=C(Cl)Cl. The first-order chi connectivity index (χ1) is 5.41. The summed E-state index contributed by atoms with van der Waals surface area (Å²) < 4.78 is -1.21. The van der Waals surface area contributed by atoms with Gasteiger partial charge >= 0.3 is 0 Å². The molecule has 0 nitrogen and oxygen atoms in total. The van der Waals surface area contributed by atoms with E-state index in [9.17, 15) is 0 Å². The molecule has 0 atom stereocenters. The molecular formula is C7H9Cl5. The van der Waals surface area contributed by atoms with Gasteiger partial charge in [-0.2, -0.15) is 0 Å². The highest BCUT2D eigenvalue weighted by atomic mass is 35.5. The molecule has 0 heterocycles. The monoisotopic (exact) mass is 268 g/mol. The second-order valence-electron chi connectivity index (χ2n) is 2.38. The van der Waals surface area contributed by atoms with Gasteiger partial charge in [-0.25, -0.2) is 0 Å². The molecule has 0 saturated heterocycles. The van der Waals surface area contributed by atoms with Gasteiger partial charge < -0.3 is 0 Å². The molecule has 0 rings (SSSR count). The lowest BCUT2D eigenvalue weighted by Crippen LogP contribution is -2.13. The van der Waals surface area contributed by atoms with Crippen LogP contribution in [-0.4, -0.2) is 4.33 Å². The van der Waals surface area contributed by atoms with Gasteiger partial charge in [-0.3, -0.25) is 0 Å². The zero-order valence-corrected chi connectivity index (χ0v) is 10.3. The molecule has 12 heavy (non-hydrogen) atoms. The van der Waals surface area contributed by atoms with E-state index in [2.05, 4.69) is 0 Å². The number of halogens is 5. The third-order valence-corrected chi connectivity index (χ3v) is 3.36. The van der Waals surface area contributed by atoms with Crippen molar-refractivity contribution in [2.24, 2.45) is 0 Å². The van der Waals surface area contributed by atoms with Gasteiger partial charge in [0.2, 0.25) is 0 Å². The van der Waals surface area contributed by atoms with E-state index in [1.165, 1.54) is 0 Å². The maximum Gasteiger partial charge on any atom is 0.155 e. The summed E-state index contributed by atoms with van der Waals surface area (Å²) in [7, 11) is 0. The summed E-state index contributed by atoms with van der Waals surface area (Å²) in [5.41, 5.74) is 0. The lowest BCUT2D eigenvalue weighted by atomic mass is 10.2. The third-order valence-electron chi connectivity index (χ3n) is 1.33.